The molecule has 0 aliphatic rings. The minimum atomic E-state index is -0.664. The Balaban J connectivity index is 2.04. The van der Waals surface area contributed by atoms with E-state index in [-0.39, 0.29) is 22.4 Å². The van der Waals surface area contributed by atoms with Crippen molar-refractivity contribution in [1.82, 2.24) is 15.6 Å². The average molecular weight is 442 g/mol. The maximum absolute atomic E-state index is 12.7. The van der Waals surface area contributed by atoms with E-state index in [1.54, 1.807) is 23.5 Å². The molecular weight excluding hydrogens is 417 g/mol. The first-order valence-electron chi connectivity index (χ1n) is 9.15. The van der Waals surface area contributed by atoms with Gasteiger partial charge in [0.1, 0.15) is 6.04 Å². The van der Waals surface area contributed by atoms with Crippen molar-refractivity contribution in [3.05, 3.63) is 49.9 Å². The van der Waals surface area contributed by atoms with Crippen LogP contribution in [0.4, 0.5) is 0 Å². The van der Waals surface area contributed by atoms with Gasteiger partial charge >= 0.3 is 0 Å². The van der Waals surface area contributed by atoms with Gasteiger partial charge in [-0.2, -0.15) is 0 Å². The molecule has 1 aromatic carbocycles. The highest BCUT2D eigenvalue weighted by molar-refractivity contribution is 7.09. The Labute approximate surface area is 179 Å². The largest absolute Gasteiger partial charge is 0.349 e. The van der Waals surface area contributed by atoms with Gasteiger partial charge in [0, 0.05) is 16.3 Å². The molecule has 0 saturated heterocycles. The summed E-state index contributed by atoms with van der Waals surface area (Å²) in [6, 6.07) is 3.98. The monoisotopic (exact) mass is 441 g/mol. The summed E-state index contributed by atoms with van der Waals surface area (Å²) in [4.78, 5) is 29.8. The maximum atomic E-state index is 12.7. The van der Waals surface area contributed by atoms with Crippen molar-refractivity contribution in [2.45, 2.75) is 52.6 Å². The lowest BCUT2D eigenvalue weighted by molar-refractivity contribution is -0.123. The van der Waals surface area contributed by atoms with Crippen LogP contribution in [0.1, 0.15) is 61.1 Å². The molecule has 152 valence electrons. The van der Waals surface area contributed by atoms with Gasteiger partial charge in [-0.15, -0.1) is 11.3 Å². The average Bonchev–Trinajstić information content (AvgIpc) is 3.07. The molecule has 1 aromatic heterocycles. The standard InChI is InChI=1S/C20H25Cl2N3O2S/c1-11(2)7-17(25-18(26)15-6-5-13(21)8-16(15)22)19(27)23-9-14-10-28-20(24-14)12(3)4/h5-6,8,10-12,17H,7,9H2,1-4H3,(H,23,27)(H,25,26). The zero-order valence-corrected chi connectivity index (χ0v) is 18.7. The summed E-state index contributed by atoms with van der Waals surface area (Å²) in [5.41, 5.74) is 1.10. The number of nitrogens with zero attached hydrogens (tertiary/aromatic N) is 1. The molecule has 0 spiro atoms. The minimum absolute atomic E-state index is 0.226. The summed E-state index contributed by atoms with van der Waals surface area (Å²) in [5, 5.41) is 9.34. The van der Waals surface area contributed by atoms with Crippen molar-refractivity contribution in [2.24, 2.45) is 5.92 Å². The van der Waals surface area contributed by atoms with E-state index < -0.39 is 11.9 Å². The normalized spacial score (nSPS) is 12.3. The molecular formula is C20H25Cl2N3O2S. The third-order valence-corrected chi connectivity index (χ3v) is 5.75. The number of thiazole rings is 1. The van der Waals surface area contributed by atoms with Crippen LogP contribution in [0.15, 0.2) is 23.6 Å². The van der Waals surface area contributed by atoms with Gasteiger partial charge in [0.2, 0.25) is 5.91 Å². The van der Waals surface area contributed by atoms with E-state index >= 15 is 0 Å². The molecule has 0 aliphatic heterocycles. The van der Waals surface area contributed by atoms with Crippen LogP contribution in [0.5, 0.6) is 0 Å². The van der Waals surface area contributed by atoms with Crippen molar-refractivity contribution in [2.75, 3.05) is 0 Å². The molecule has 1 heterocycles. The Morgan fingerprint density at radius 2 is 1.89 bits per heavy atom. The first-order valence-corrected chi connectivity index (χ1v) is 10.8. The van der Waals surface area contributed by atoms with E-state index in [0.29, 0.717) is 23.9 Å². The van der Waals surface area contributed by atoms with Gasteiger partial charge in [0.15, 0.2) is 0 Å². The van der Waals surface area contributed by atoms with E-state index in [1.165, 1.54) is 6.07 Å². The minimum Gasteiger partial charge on any atom is -0.349 e. The van der Waals surface area contributed by atoms with E-state index in [0.717, 1.165) is 10.7 Å². The number of aromatic nitrogens is 1. The number of hydrogen-bond donors (Lipinski definition) is 2. The first-order chi connectivity index (χ1) is 13.2. The molecule has 0 aliphatic carbocycles. The van der Waals surface area contributed by atoms with Gasteiger partial charge < -0.3 is 10.6 Å². The van der Waals surface area contributed by atoms with Crippen LogP contribution < -0.4 is 10.6 Å². The van der Waals surface area contributed by atoms with Crippen LogP contribution in [0.3, 0.4) is 0 Å². The van der Waals surface area contributed by atoms with Gasteiger partial charge in [0.25, 0.3) is 5.91 Å². The molecule has 0 bridgehead atoms. The number of carbonyl (C=O) groups is 2. The highest BCUT2D eigenvalue weighted by atomic mass is 35.5. The van der Waals surface area contributed by atoms with E-state index in [1.807, 2.05) is 19.2 Å². The summed E-state index contributed by atoms with van der Waals surface area (Å²) in [6.07, 6.45) is 0.511. The fraction of sp³-hybridized carbons (Fsp3) is 0.450. The van der Waals surface area contributed by atoms with Crippen LogP contribution in [0.25, 0.3) is 0 Å². The second-order valence-corrected chi connectivity index (χ2v) is 9.06. The van der Waals surface area contributed by atoms with E-state index in [9.17, 15) is 9.59 Å². The number of carbonyl (C=O) groups excluding carboxylic acids is 2. The van der Waals surface area contributed by atoms with Crippen LogP contribution in [0.2, 0.25) is 10.0 Å². The Morgan fingerprint density at radius 1 is 1.18 bits per heavy atom. The van der Waals surface area contributed by atoms with Crippen LogP contribution in [-0.2, 0) is 11.3 Å². The quantitative estimate of drug-likeness (QED) is 0.602. The third-order valence-electron chi connectivity index (χ3n) is 4.01. The number of nitrogens with one attached hydrogen (secondary N) is 2. The van der Waals surface area contributed by atoms with Gasteiger partial charge in [0.05, 0.1) is 27.8 Å². The highest BCUT2D eigenvalue weighted by Gasteiger charge is 2.23. The fourth-order valence-electron chi connectivity index (χ4n) is 2.58. The number of rotatable bonds is 8. The Morgan fingerprint density at radius 3 is 2.46 bits per heavy atom. The molecule has 0 radical (unpaired) electrons. The lowest BCUT2D eigenvalue weighted by Crippen LogP contribution is -2.47. The van der Waals surface area contributed by atoms with Crippen molar-refractivity contribution in [1.29, 1.82) is 0 Å². The first kappa shape index (κ1) is 22.7. The molecule has 2 aromatic rings. The summed E-state index contributed by atoms with van der Waals surface area (Å²) >= 11 is 13.6. The smallest absolute Gasteiger partial charge is 0.253 e. The Hall–Kier alpha value is -1.63. The molecule has 1 atom stereocenters. The zero-order valence-electron chi connectivity index (χ0n) is 16.4. The van der Waals surface area contributed by atoms with Crippen LogP contribution in [-0.4, -0.2) is 22.8 Å². The SMILES string of the molecule is CC(C)CC(NC(=O)c1ccc(Cl)cc1Cl)C(=O)NCc1csc(C(C)C)n1. The summed E-state index contributed by atoms with van der Waals surface area (Å²) in [6.45, 7) is 8.48. The van der Waals surface area contributed by atoms with Gasteiger partial charge in [-0.25, -0.2) is 4.98 Å². The summed E-state index contributed by atoms with van der Waals surface area (Å²) < 4.78 is 0. The fourth-order valence-corrected chi connectivity index (χ4v) is 3.91. The maximum Gasteiger partial charge on any atom is 0.253 e. The lowest BCUT2D eigenvalue weighted by Gasteiger charge is -2.20. The molecule has 2 N–H and O–H groups in total. The Bertz CT molecular complexity index is 837. The van der Waals surface area contributed by atoms with Crippen molar-refractivity contribution >= 4 is 46.4 Å². The van der Waals surface area contributed by atoms with Crippen LogP contribution >= 0.6 is 34.5 Å². The second-order valence-electron chi connectivity index (χ2n) is 7.33. The molecule has 0 fully saturated rings. The Kier molecular flexibility index (Phi) is 8.28. The summed E-state index contributed by atoms with van der Waals surface area (Å²) in [5.74, 6) is -0.0699. The zero-order chi connectivity index (χ0) is 20.8. The van der Waals surface area contributed by atoms with Crippen molar-refractivity contribution < 1.29 is 9.59 Å². The molecule has 1 unspecified atom stereocenters. The molecule has 2 amide bonds. The van der Waals surface area contributed by atoms with Gasteiger partial charge in [-0.3, -0.25) is 9.59 Å². The topological polar surface area (TPSA) is 71.1 Å². The number of halogens is 2. The molecule has 5 nitrogen and oxygen atoms in total. The van der Waals surface area contributed by atoms with E-state index in [4.69, 9.17) is 23.2 Å². The molecule has 2 rings (SSSR count). The van der Waals surface area contributed by atoms with Crippen molar-refractivity contribution in [3.63, 3.8) is 0 Å². The third kappa shape index (κ3) is 6.47. The lowest BCUT2D eigenvalue weighted by atomic mass is 10.0. The predicted octanol–water partition coefficient (Wildman–Crippen LogP) is 5.03. The highest BCUT2D eigenvalue weighted by Crippen LogP contribution is 2.21. The number of amides is 2. The molecule has 8 heteroatoms. The number of hydrogen-bond acceptors (Lipinski definition) is 4. The molecule has 28 heavy (non-hydrogen) atoms. The van der Waals surface area contributed by atoms with E-state index in [2.05, 4.69) is 29.5 Å². The number of benzene rings is 1. The molecule has 0 saturated carbocycles. The van der Waals surface area contributed by atoms with Crippen LogP contribution in [0, 0.1) is 5.92 Å². The van der Waals surface area contributed by atoms with Gasteiger partial charge in [-0.1, -0.05) is 50.9 Å². The van der Waals surface area contributed by atoms with Gasteiger partial charge in [-0.05, 0) is 30.5 Å². The predicted molar refractivity (Wildman–Crippen MR) is 115 cm³/mol. The second kappa shape index (κ2) is 10.2. The summed E-state index contributed by atoms with van der Waals surface area (Å²) in [7, 11) is 0. The van der Waals surface area contributed by atoms with Crippen molar-refractivity contribution in [3.8, 4) is 0 Å².